The molecule has 0 aliphatic carbocycles. The van der Waals surface area contributed by atoms with Crippen LogP contribution >= 0.6 is 0 Å². The number of rotatable bonds is 7. The van der Waals surface area contributed by atoms with E-state index in [1.165, 1.54) is 12.0 Å². The number of hydrogen-bond acceptors (Lipinski definition) is 5. The molecule has 6 heteroatoms. The maximum absolute atomic E-state index is 13.9. The summed E-state index contributed by atoms with van der Waals surface area (Å²) in [6.45, 7) is 8.41. The van der Waals surface area contributed by atoms with E-state index in [0.29, 0.717) is 34.2 Å². The Morgan fingerprint density at radius 2 is 1.53 bits per heavy atom. The van der Waals surface area contributed by atoms with E-state index in [0.717, 1.165) is 16.7 Å². The Balaban J connectivity index is 1.63. The van der Waals surface area contributed by atoms with Crippen LogP contribution in [0.2, 0.25) is 0 Å². The third-order valence-electron chi connectivity index (χ3n) is 7.16. The second-order valence-electron chi connectivity index (χ2n) is 10.2. The SMILES string of the molecule is COc1cccc2cc(C(=O)C3=C(O)C(=O)N(c4ccc(C(C)C)cc4)C3c3ccc(C(C)C)cc3)oc12. The number of fused-ring (bicyclic) bond motifs is 1. The zero-order chi connectivity index (χ0) is 27.1. The predicted octanol–water partition coefficient (Wildman–Crippen LogP) is 7.47. The first-order valence-electron chi connectivity index (χ1n) is 12.8. The van der Waals surface area contributed by atoms with E-state index < -0.39 is 23.5 Å². The number of anilines is 1. The van der Waals surface area contributed by atoms with Gasteiger partial charge in [-0.1, -0.05) is 76.2 Å². The molecule has 0 spiro atoms. The number of hydrogen-bond donors (Lipinski definition) is 1. The van der Waals surface area contributed by atoms with E-state index in [9.17, 15) is 14.7 Å². The summed E-state index contributed by atoms with van der Waals surface area (Å²) in [5.41, 5.74) is 3.99. The van der Waals surface area contributed by atoms with Gasteiger partial charge in [0.05, 0.1) is 18.7 Å². The molecule has 1 N–H and O–H groups in total. The van der Waals surface area contributed by atoms with Crippen LogP contribution in [0.25, 0.3) is 11.0 Å². The minimum atomic E-state index is -0.823. The average Bonchev–Trinajstić information content (AvgIpc) is 3.47. The molecule has 3 aromatic carbocycles. The van der Waals surface area contributed by atoms with E-state index in [4.69, 9.17) is 9.15 Å². The molecule has 1 aliphatic heterocycles. The fourth-order valence-electron chi connectivity index (χ4n) is 4.94. The van der Waals surface area contributed by atoms with Crippen LogP contribution in [0.4, 0.5) is 5.69 Å². The molecular formula is C32H31NO5. The van der Waals surface area contributed by atoms with Gasteiger partial charge in [0.1, 0.15) is 0 Å². The van der Waals surface area contributed by atoms with Crippen molar-refractivity contribution in [2.24, 2.45) is 0 Å². The van der Waals surface area contributed by atoms with Gasteiger partial charge in [0, 0.05) is 11.1 Å². The molecule has 38 heavy (non-hydrogen) atoms. The van der Waals surface area contributed by atoms with Crippen LogP contribution in [0.5, 0.6) is 5.75 Å². The number of carbonyl (C=O) groups excluding carboxylic acids is 2. The smallest absolute Gasteiger partial charge is 0.294 e. The van der Waals surface area contributed by atoms with Crippen LogP contribution < -0.4 is 9.64 Å². The van der Waals surface area contributed by atoms with Gasteiger partial charge in [-0.05, 0) is 52.8 Å². The van der Waals surface area contributed by atoms with Gasteiger partial charge in [-0.3, -0.25) is 14.5 Å². The van der Waals surface area contributed by atoms with Crippen molar-refractivity contribution in [3.05, 3.63) is 107 Å². The lowest BCUT2D eigenvalue weighted by atomic mass is 9.92. The van der Waals surface area contributed by atoms with Crippen LogP contribution in [0.15, 0.2) is 88.5 Å². The van der Waals surface area contributed by atoms with E-state index >= 15 is 0 Å². The normalized spacial score (nSPS) is 15.8. The molecular weight excluding hydrogens is 478 g/mol. The Kier molecular flexibility index (Phi) is 6.57. The summed E-state index contributed by atoms with van der Waals surface area (Å²) < 4.78 is 11.3. The van der Waals surface area contributed by atoms with E-state index in [1.54, 1.807) is 12.1 Å². The lowest BCUT2D eigenvalue weighted by Crippen LogP contribution is -2.31. The number of Topliss-reactive ketones (excluding diaryl/α,β-unsaturated/α-hetero) is 1. The zero-order valence-electron chi connectivity index (χ0n) is 22.2. The van der Waals surface area contributed by atoms with Crippen molar-refractivity contribution < 1.29 is 23.8 Å². The van der Waals surface area contributed by atoms with Crippen LogP contribution in [0.3, 0.4) is 0 Å². The minimum absolute atomic E-state index is 0.0155. The summed E-state index contributed by atoms with van der Waals surface area (Å²) in [6.07, 6.45) is 0. The molecule has 1 unspecified atom stereocenters. The van der Waals surface area contributed by atoms with Gasteiger partial charge in [-0.25, -0.2) is 0 Å². The predicted molar refractivity (Wildman–Crippen MR) is 148 cm³/mol. The average molecular weight is 510 g/mol. The monoisotopic (exact) mass is 509 g/mol. The highest BCUT2D eigenvalue weighted by Crippen LogP contribution is 2.43. The number of ketones is 1. The number of methoxy groups -OCH3 is 1. The maximum atomic E-state index is 13.9. The molecule has 1 aliphatic rings. The van der Waals surface area contributed by atoms with Crippen LogP contribution in [0, 0.1) is 0 Å². The molecule has 0 fully saturated rings. The molecule has 4 aromatic rings. The number of aliphatic hydroxyl groups is 1. The summed E-state index contributed by atoms with van der Waals surface area (Å²) in [7, 11) is 1.53. The van der Waals surface area contributed by atoms with Gasteiger partial charge in [0.25, 0.3) is 5.91 Å². The number of nitrogens with zero attached hydrogens (tertiary/aromatic N) is 1. The quantitative estimate of drug-likeness (QED) is 0.261. The van der Waals surface area contributed by atoms with Gasteiger partial charge in [-0.2, -0.15) is 0 Å². The number of furan rings is 1. The van der Waals surface area contributed by atoms with E-state index in [1.807, 2.05) is 60.7 Å². The molecule has 2 heterocycles. The van der Waals surface area contributed by atoms with Crippen LogP contribution in [-0.2, 0) is 4.79 Å². The fourth-order valence-corrected chi connectivity index (χ4v) is 4.94. The Morgan fingerprint density at radius 1 is 0.921 bits per heavy atom. The standard InChI is InChI=1S/C32H31NO5/c1-18(2)20-9-11-22(12-10-20)28-27(29(34)26-17-23-7-6-8-25(37-5)31(23)38-26)30(35)32(36)33(28)24-15-13-21(14-16-24)19(3)4/h6-19,28,35H,1-5H3. The Labute approximate surface area is 222 Å². The van der Waals surface area contributed by atoms with Gasteiger partial charge in [-0.15, -0.1) is 0 Å². The first-order chi connectivity index (χ1) is 18.2. The fraction of sp³-hybridized carbons (Fsp3) is 0.250. The van der Waals surface area contributed by atoms with E-state index in [2.05, 4.69) is 27.7 Å². The van der Waals surface area contributed by atoms with Crippen molar-refractivity contribution in [1.29, 1.82) is 0 Å². The highest BCUT2D eigenvalue weighted by molar-refractivity contribution is 6.20. The maximum Gasteiger partial charge on any atom is 0.294 e. The Morgan fingerprint density at radius 3 is 2.11 bits per heavy atom. The number of benzene rings is 3. The first kappa shape index (κ1) is 25.3. The second kappa shape index (κ2) is 9.86. The summed E-state index contributed by atoms with van der Waals surface area (Å²) in [4.78, 5) is 28.9. The molecule has 5 rings (SSSR count). The Hall–Kier alpha value is -4.32. The molecule has 1 amide bonds. The molecule has 1 atom stereocenters. The number of carbonyl (C=O) groups is 2. The highest BCUT2D eigenvalue weighted by Gasteiger charge is 2.45. The lowest BCUT2D eigenvalue weighted by molar-refractivity contribution is -0.117. The first-order valence-corrected chi connectivity index (χ1v) is 12.8. The van der Waals surface area contributed by atoms with Crippen molar-refractivity contribution in [1.82, 2.24) is 0 Å². The van der Waals surface area contributed by atoms with E-state index in [-0.39, 0.29) is 11.3 Å². The lowest BCUT2D eigenvalue weighted by Gasteiger charge is -2.27. The largest absolute Gasteiger partial charge is 0.503 e. The molecule has 194 valence electrons. The molecule has 0 bridgehead atoms. The molecule has 0 saturated carbocycles. The molecule has 0 saturated heterocycles. The van der Waals surface area contributed by atoms with Crippen molar-refractivity contribution in [3.8, 4) is 5.75 Å². The summed E-state index contributed by atoms with van der Waals surface area (Å²) >= 11 is 0. The second-order valence-corrected chi connectivity index (χ2v) is 10.2. The number of aliphatic hydroxyl groups excluding tert-OH is 1. The molecule has 0 radical (unpaired) electrons. The highest BCUT2D eigenvalue weighted by atomic mass is 16.5. The summed E-state index contributed by atoms with van der Waals surface area (Å²) in [5.74, 6) is -0.579. The third-order valence-corrected chi connectivity index (χ3v) is 7.16. The summed E-state index contributed by atoms with van der Waals surface area (Å²) in [5, 5.41) is 11.8. The van der Waals surface area contributed by atoms with Crippen molar-refractivity contribution >= 4 is 28.3 Å². The van der Waals surface area contributed by atoms with Gasteiger partial charge >= 0.3 is 0 Å². The molecule has 6 nitrogen and oxygen atoms in total. The van der Waals surface area contributed by atoms with Gasteiger partial charge in [0.2, 0.25) is 5.78 Å². The minimum Gasteiger partial charge on any atom is -0.503 e. The third kappa shape index (κ3) is 4.26. The topological polar surface area (TPSA) is 80.0 Å². The number of ether oxygens (including phenoxy) is 1. The van der Waals surface area contributed by atoms with Crippen molar-refractivity contribution in [2.75, 3.05) is 12.0 Å². The molecule has 1 aromatic heterocycles. The zero-order valence-corrected chi connectivity index (χ0v) is 22.2. The van der Waals surface area contributed by atoms with Crippen molar-refractivity contribution in [3.63, 3.8) is 0 Å². The van der Waals surface area contributed by atoms with Gasteiger partial charge < -0.3 is 14.3 Å². The number of amides is 1. The Bertz CT molecular complexity index is 1540. The van der Waals surface area contributed by atoms with Crippen LogP contribution in [0.1, 0.15) is 72.8 Å². The summed E-state index contributed by atoms with van der Waals surface area (Å²) in [6, 6.07) is 21.6. The van der Waals surface area contributed by atoms with Crippen molar-refractivity contribution in [2.45, 2.75) is 45.6 Å². The van der Waals surface area contributed by atoms with Crippen LogP contribution in [-0.4, -0.2) is 23.9 Å². The van der Waals surface area contributed by atoms with Gasteiger partial charge in [0.15, 0.2) is 22.9 Å². The number of para-hydroxylation sites is 1.